The zero-order chi connectivity index (χ0) is 12.4. The van der Waals surface area contributed by atoms with Crippen LogP contribution in [0.1, 0.15) is 13.3 Å². The standard InChI is InChI=1S/C16H16NO/c1-2-10-18-16-8-5-9-17-12-14-7-4-3-6-13(14)11-15(16)17/h3-9,11-12H,2,10H2,1H3/q+1. The number of fused-ring (bicyclic) bond motifs is 2. The fraction of sp³-hybridized carbons (Fsp3) is 0.188. The number of pyridine rings is 2. The highest BCUT2D eigenvalue weighted by Gasteiger charge is 2.10. The highest BCUT2D eigenvalue weighted by molar-refractivity contribution is 5.84. The van der Waals surface area contributed by atoms with Crippen molar-refractivity contribution in [2.75, 3.05) is 6.61 Å². The third kappa shape index (κ3) is 1.90. The molecule has 0 aliphatic rings. The number of ether oxygens (including phenoxy) is 1. The van der Waals surface area contributed by atoms with Gasteiger partial charge in [0.05, 0.1) is 6.61 Å². The lowest BCUT2D eigenvalue weighted by Crippen LogP contribution is -2.21. The molecule has 3 rings (SSSR count). The third-order valence-corrected chi connectivity index (χ3v) is 3.05. The lowest BCUT2D eigenvalue weighted by molar-refractivity contribution is -0.510. The summed E-state index contributed by atoms with van der Waals surface area (Å²) >= 11 is 0. The van der Waals surface area contributed by atoms with Crippen LogP contribution in [-0.2, 0) is 0 Å². The van der Waals surface area contributed by atoms with Gasteiger partial charge in [-0.25, -0.2) is 0 Å². The summed E-state index contributed by atoms with van der Waals surface area (Å²) in [7, 11) is 0. The second-order valence-electron chi connectivity index (χ2n) is 4.42. The number of benzene rings is 1. The van der Waals surface area contributed by atoms with Crippen LogP contribution in [0.2, 0.25) is 0 Å². The molecular weight excluding hydrogens is 222 g/mol. The molecule has 0 saturated carbocycles. The Kier molecular flexibility index (Phi) is 2.85. The molecule has 2 nitrogen and oxygen atoms in total. The SMILES string of the molecule is CCCOc1ccc[n+]2cc3ccccc3cc12. The van der Waals surface area contributed by atoms with E-state index in [0.717, 1.165) is 24.3 Å². The molecule has 2 heterocycles. The third-order valence-electron chi connectivity index (χ3n) is 3.05. The summed E-state index contributed by atoms with van der Waals surface area (Å²) in [5.74, 6) is 0.949. The van der Waals surface area contributed by atoms with Crippen LogP contribution in [0.15, 0.2) is 54.9 Å². The summed E-state index contributed by atoms with van der Waals surface area (Å²) in [5, 5.41) is 2.48. The zero-order valence-electron chi connectivity index (χ0n) is 10.5. The van der Waals surface area contributed by atoms with E-state index in [1.54, 1.807) is 0 Å². The van der Waals surface area contributed by atoms with Crippen molar-refractivity contribution in [2.24, 2.45) is 0 Å². The van der Waals surface area contributed by atoms with Crippen LogP contribution in [0, 0.1) is 0 Å². The molecule has 3 aromatic rings. The molecular formula is C16H16NO+. The van der Waals surface area contributed by atoms with Crippen molar-refractivity contribution in [3.8, 4) is 5.75 Å². The fourth-order valence-corrected chi connectivity index (χ4v) is 2.17. The quantitative estimate of drug-likeness (QED) is 0.504. The van der Waals surface area contributed by atoms with E-state index in [1.807, 2.05) is 12.1 Å². The number of aromatic nitrogens is 1. The molecule has 0 saturated heterocycles. The molecule has 2 heteroatoms. The molecule has 0 aliphatic carbocycles. The maximum atomic E-state index is 5.80. The minimum absolute atomic E-state index is 0.756. The Hall–Kier alpha value is -2.09. The minimum Gasteiger partial charge on any atom is -0.487 e. The first kappa shape index (κ1) is 11.0. The predicted molar refractivity (Wildman–Crippen MR) is 72.9 cm³/mol. The zero-order valence-corrected chi connectivity index (χ0v) is 10.5. The van der Waals surface area contributed by atoms with Crippen LogP contribution in [-0.4, -0.2) is 6.61 Å². The molecule has 0 fully saturated rings. The van der Waals surface area contributed by atoms with Gasteiger partial charge in [0.15, 0.2) is 18.1 Å². The van der Waals surface area contributed by atoms with Crippen LogP contribution in [0.4, 0.5) is 0 Å². The van der Waals surface area contributed by atoms with Crippen molar-refractivity contribution in [3.63, 3.8) is 0 Å². The normalized spacial score (nSPS) is 10.9. The lowest BCUT2D eigenvalue weighted by Gasteiger charge is -2.04. The molecule has 0 bridgehead atoms. The summed E-state index contributed by atoms with van der Waals surface area (Å²) in [6, 6.07) is 14.6. The van der Waals surface area contributed by atoms with Crippen molar-refractivity contribution >= 4 is 16.3 Å². The highest BCUT2D eigenvalue weighted by atomic mass is 16.5. The van der Waals surface area contributed by atoms with Crippen LogP contribution >= 0.6 is 0 Å². The smallest absolute Gasteiger partial charge is 0.253 e. The second kappa shape index (κ2) is 4.65. The summed E-state index contributed by atoms with van der Waals surface area (Å²) in [6.45, 7) is 2.88. The predicted octanol–water partition coefficient (Wildman–Crippen LogP) is 3.37. The number of rotatable bonds is 3. The van der Waals surface area contributed by atoms with Gasteiger partial charge < -0.3 is 4.74 Å². The Morgan fingerprint density at radius 3 is 2.72 bits per heavy atom. The molecule has 18 heavy (non-hydrogen) atoms. The average Bonchev–Trinajstić information content (AvgIpc) is 2.43. The van der Waals surface area contributed by atoms with Gasteiger partial charge in [-0.05, 0) is 23.9 Å². The molecule has 0 atom stereocenters. The maximum Gasteiger partial charge on any atom is 0.253 e. The maximum absolute atomic E-state index is 5.80. The monoisotopic (exact) mass is 238 g/mol. The Balaban J connectivity index is 2.22. The number of hydrogen-bond donors (Lipinski definition) is 0. The largest absolute Gasteiger partial charge is 0.487 e. The number of hydrogen-bond acceptors (Lipinski definition) is 1. The van der Waals surface area contributed by atoms with Gasteiger partial charge in [-0.3, -0.25) is 0 Å². The topological polar surface area (TPSA) is 13.3 Å². The molecule has 0 radical (unpaired) electrons. The van der Waals surface area contributed by atoms with Gasteiger partial charge in [0.2, 0.25) is 0 Å². The van der Waals surface area contributed by atoms with E-state index in [4.69, 9.17) is 4.74 Å². The Morgan fingerprint density at radius 1 is 1.06 bits per heavy atom. The average molecular weight is 238 g/mol. The van der Waals surface area contributed by atoms with E-state index in [9.17, 15) is 0 Å². The Labute approximate surface area is 106 Å². The summed E-state index contributed by atoms with van der Waals surface area (Å²) in [4.78, 5) is 0. The molecule has 0 unspecified atom stereocenters. The van der Waals surface area contributed by atoms with Crippen LogP contribution in [0.5, 0.6) is 5.75 Å². The van der Waals surface area contributed by atoms with Crippen molar-refractivity contribution in [1.29, 1.82) is 0 Å². The van der Waals surface area contributed by atoms with Crippen LogP contribution in [0.3, 0.4) is 0 Å². The molecule has 1 aromatic carbocycles. The fourth-order valence-electron chi connectivity index (χ4n) is 2.17. The van der Waals surface area contributed by atoms with E-state index in [-0.39, 0.29) is 0 Å². The second-order valence-corrected chi connectivity index (χ2v) is 4.42. The van der Waals surface area contributed by atoms with E-state index in [0.29, 0.717) is 0 Å². The van der Waals surface area contributed by atoms with E-state index in [1.165, 1.54) is 10.8 Å². The van der Waals surface area contributed by atoms with Crippen molar-refractivity contribution in [3.05, 3.63) is 54.9 Å². The van der Waals surface area contributed by atoms with Gasteiger partial charge in [0.25, 0.3) is 5.52 Å². The first-order chi connectivity index (χ1) is 8.88. The molecule has 90 valence electrons. The first-order valence-corrected chi connectivity index (χ1v) is 6.34. The van der Waals surface area contributed by atoms with Gasteiger partial charge in [-0.1, -0.05) is 25.1 Å². The van der Waals surface area contributed by atoms with Crippen LogP contribution in [0.25, 0.3) is 16.3 Å². The lowest BCUT2D eigenvalue weighted by atomic mass is 10.1. The van der Waals surface area contributed by atoms with Crippen molar-refractivity contribution in [1.82, 2.24) is 0 Å². The summed E-state index contributed by atoms with van der Waals surface area (Å²) in [6.07, 6.45) is 5.22. The Morgan fingerprint density at radius 2 is 1.89 bits per heavy atom. The summed E-state index contributed by atoms with van der Waals surface area (Å²) in [5.41, 5.74) is 1.12. The van der Waals surface area contributed by atoms with Gasteiger partial charge in [-0.15, -0.1) is 0 Å². The molecule has 0 spiro atoms. The number of nitrogens with zero attached hydrogens (tertiary/aromatic N) is 1. The van der Waals surface area contributed by atoms with Gasteiger partial charge in [-0.2, -0.15) is 4.40 Å². The van der Waals surface area contributed by atoms with Crippen LogP contribution < -0.4 is 9.14 Å². The molecule has 2 aromatic heterocycles. The van der Waals surface area contributed by atoms with Gasteiger partial charge in [0, 0.05) is 17.5 Å². The van der Waals surface area contributed by atoms with E-state index < -0.39 is 0 Å². The minimum atomic E-state index is 0.756. The molecule has 0 aliphatic heterocycles. The Bertz CT molecular complexity index is 691. The van der Waals surface area contributed by atoms with Gasteiger partial charge >= 0.3 is 0 Å². The van der Waals surface area contributed by atoms with Crippen molar-refractivity contribution in [2.45, 2.75) is 13.3 Å². The summed E-state index contributed by atoms with van der Waals surface area (Å²) < 4.78 is 7.91. The highest BCUT2D eigenvalue weighted by Crippen LogP contribution is 2.20. The first-order valence-electron chi connectivity index (χ1n) is 6.34. The van der Waals surface area contributed by atoms with Crippen molar-refractivity contribution < 1.29 is 9.14 Å². The van der Waals surface area contributed by atoms with Gasteiger partial charge in [0.1, 0.15) is 0 Å². The van der Waals surface area contributed by atoms with E-state index in [2.05, 4.69) is 54.0 Å². The van der Waals surface area contributed by atoms with E-state index >= 15 is 0 Å². The molecule has 0 N–H and O–H groups in total. The molecule has 0 amide bonds.